The number of nitro groups is 2. The van der Waals surface area contributed by atoms with Crippen molar-refractivity contribution in [3.05, 3.63) is 85.7 Å². The SMILES string of the molecule is Cc1ccc(C)c(Nc2ncnc(NNC(=O)c3ccc([N+](=O)[O-])cc3)c2[N+](=O)[O-])c1. The van der Waals surface area contributed by atoms with E-state index in [1.54, 1.807) is 0 Å². The predicted octanol–water partition coefficient (Wildman–Crippen LogP) is 3.41. The Kier molecular flexibility index (Phi) is 6.00. The van der Waals surface area contributed by atoms with Gasteiger partial charge in [0.25, 0.3) is 11.6 Å². The Morgan fingerprint density at radius 1 is 0.935 bits per heavy atom. The Balaban J connectivity index is 1.82. The van der Waals surface area contributed by atoms with Gasteiger partial charge in [-0.25, -0.2) is 9.97 Å². The number of aromatic nitrogens is 2. The van der Waals surface area contributed by atoms with Crippen molar-refractivity contribution in [3.8, 4) is 0 Å². The number of hydrogen-bond acceptors (Lipinski definition) is 9. The fourth-order valence-electron chi connectivity index (χ4n) is 2.66. The van der Waals surface area contributed by atoms with E-state index < -0.39 is 21.4 Å². The second-order valence-corrected chi connectivity index (χ2v) is 6.50. The van der Waals surface area contributed by atoms with Gasteiger partial charge in [0.15, 0.2) is 0 Å². The summed E-state index contributed by atoms with van der Waals surface area (Å²) in [4.78, 5) is 41.2. The summed E-state index contributed by atoms with van der Waals surface area (Å²) in [6.07, 6.45) is 1.11. The quantitative estimate of drug-likeness (QED) is 0.381. The first-order chi connectivity index (χ1) is 14.8. The topological polar surface area (TPSA) is 165 Å². The number of carbonyl (C=O) groups excluding carboxylic acids is 1. The van der Waals surface area contributed by atoms with Crippen molar-refractivity contribution in [2.24, 2.45) is 0 Å². The van der Waals surface area contributed by atoms with Gasteiger partial charge in [-0.05, 0) is 43.2 Å². The van der Waals surface area contributed by atoms with E-state index in [0.717, 1.165) is 17.5 Å². The third kappa shape index (κ3) is 4.87. The zero-order chi connectivity index (χ0) is 22.5. The molecule has 0 fully saturated rings. The highest BCUT2D eigenvalue weighted by molar-refractivity contribution is 5.95. The molecule has 1 heterocycles. The Hall–Kier alpha value is -4.61. The Labute approximate surface area is 175 Å². The maximum absolute atomic E-state index is 12.3. The number of carbonyl (C=O) groups is 1. The first-order valence-electron chi connectivity index (χ1n) is 8.90. The van der Waals surface area contributed by atoms with Crippen molar-refractivity contribution < 1.29 is 14.6 Å². The minimum atomic E-state index is -0.673. The molecule has 1 aromatic heterocycles. The molecular weight excluding hydrogens is 406 g/mol. The Morgan fingerprint density at radius 3 is 2.26 bits per heavy atom. The van der Waals surface area contributed by atoms with Crippen molar-refractivity contribution >= 4 is 34.6 Å². The molecule has 0 unspecified atom stereocenters. The molecule has 0 bridgehead atoms. The summed E-state index contributed by atoms with van der Waals surface area (Å²) in [5.74, 6) is -0.948. The molecule has 158 valence electrons. The van der Waals surface area contributed by atoms with E-state index >= 15 is 0 Å². The van der Waals surface area contributed by atoms with Crippen LogP contribution in [0.1, 0.15) is 21.5 Å². The molecule has 2 aromatic carbocycles. The van der Waals surface area contributed by atoms with Crippen LogP contribution in [0.2, 0.25) is 0 Å². The number of non-ortho nitro benzene ring substituents is 1. The zero-order valence-corrected chi connectivity index (χ0v) is 16.4. The second kappa shape index (κ2) is 8.82. The van der Waals surface area contributed by atoms with Crippen LogP contribution < -0.4 is 16.2 Å². The highest BCUT2D eigenvalue weighted by atomic mass is 16.6. The van der Waals surface area contributed by atoms with Gasteiger partial charge in [-0.15, -0.1) is 0 Å². The summed E-state index contributed by atoms with van der Waals surface area (Å²) < 4.78 is 0. The lowest BCUT2D eigenvalue weighted by Crippen LogP contribution is -2.30. The van der Waals surface area contributed by atoms with Gasteiger partial charge >= 0.3 is 5.69 Å². The molecule has 0 aliphatic rings. The molecule has 0 saturated carbocycles. The van der Waals surface area contributed by atoms with Crippen LogP contribution in [-0.2, 0) is 0 Å². The van der Waals surface area contributed by atoms with Crippen LogP contribution in [0.4, 0.5) is 28.7 Å². The number of benzene rings is 2. The molecule has 12 nitrogen and oxygen atoms in total. The van der Waals surface area contributed by atoms with Crippen molar-refractivity contribution in [2.45, 2.75) is 13.8 Å². The van der Waals surface area contributed by atoms with Crippen molar-refractivity contribution in [2.75, 3.05) is 10.7 Å². The van der Waals surface area contributed by atoms with Crippen LogP contribution in [0.25, 0.3) is 0 Å². The summed E-state index contributed by atoms with van der Waals surface area (Å²) in [5.41, 5.74) is 6.65. The van der Waals surface area contributed by atoms with Gasteiger partial charge in [-0.3, -0.25) is 35.9 Å². The number of hydrazine groups is 1. The summed E-state index contributed by atoms with van der Waals surface area (Å²) in [5, 5.41) is 25.3. The fourth-order valence-corrected chi connectivity index (χ4v) is 2.66. The Morgan fingerprint density at radius 2 is 1.61 bits per heavy atom. The summed E-state index contributed by atoms with van der Waals surface area (Å²) >= 11 is 0. The molecule has 31 heavy (non-hydrogen) atoms. The normalized spacial score (nSPS) is 10.3. The molecule has 0 aliphatic carbocycles. The highest BCUT2D eigenvalue weighted by Crippen LogP contribution is 2.32. The largest absolute Gasteiger partial charge is 0.355 e. The van der Waals surface area contributed by atoms with E-state index in [-0.39, 0.29) is 22.9 Å². The lowest BCUT2D eigenvalue weighted by molar-refractivity contribution is -0.384. The summed E-state index contributed by atoms with van der Waals surface area (Å²) in [6.45, 7) is 3.73. The van der Waals surface area contributed by atoms with Crippen LogP contribution >= 0.6 is 0 Å². The predicted molar refractivity (Wildman–Crippen MR) is 112 cm³/mol. The van der Waals surface area contributed by atoms with Gasteiger partial charge in [-0.2, -0.15) is 0 Å². The summed E-state index contributed by atoms with van der Waals surface area (Å²) in [7, 11) is 0. The van der Waals surface area contributed by atoms with E-state index in [0.29, 0.717) is 5.69 Å². The highest BCUT2D eigenvalue weighted by Gasteiger charge is 2.24. The maximum atomic E-state index is 12.3. The lowest BCUT2D eigenvalue weighted by atomic mass is 10.1. The maximum Gasteiger partial charge on any atom is 0.355 e. The van der Waals surface area contributed by atoms with E-state index in [2.05, 4.69) is 26.1 Å². The number of hydrogen-bond donors (Lipinski definition) is 3. The number of rotatable bonds is 7. The average molecular weight is 423 g/mol. The van der Waals surface area contributed by atoms with E-state index in [1.165, 1.54) is 24.3 Å². The first-order valence-corrected chi connectivity index (χ1v) is 8.90. The molecule has 0 spiro atoms. The molecule has 1 amide bonds. The van der Waals surface area contributed by atoms with Gasteiger partial charge < -0.3 is 5.32 Å². The van der Waals surface area contributed by atoms with Gasteiger partial charge in [0.1, 0.15) is 6.33 Å². The fraction of sp³-hybridized carbons (Fsp3) is 0.105. The first kappa shape index (κ1) is 21.1. The van der Waals surface area contributed by atoms with Crippen molar-refractivity contribution in [1.82, 2.24) is 15.4 Å². The van der Waals surface area contributed by atoms with Gasteiger partial charge in [0, 0.05) is 23.4 Å². The molecule has 3 aromatic rings. The van der Waals surface area contributed by atoms with E-state index in [9.17, 15) is 25.0 Å². The van der Waals surface area contributed by atoms with Gasteiger partial charge in [0.05, 0.1) is 9.85 Å². The number of aryl methyl sites for hydroxylation is 2. The van der Waals surface area contributed by atoms with Crippen LogP contribution in [0.5, 0.6) is 0 Å². The van der Waals surface area contributed by atoms with Gasteiger partial charge in [0.2, 0.25) is 11.6 Å². The molecule has 0 radical (unpaired) electrons. The number of nitro benzene ring substituents is 1. The molecule has 12 heteroatoms. The van der Waals surface area contributed by atoms with Crippen molar-refractivity contribution in [3.63, 3.8) is 0 Å². The number of amides is 1. The monoisotopic (exact) mass is 423 g/mol. The van der Waals surface area contributed by atoms with E-state index in [1.807, 2.05) is 32.0 Å². The molecule has 3 N–H and O–H groups in total. The van der Waals surface area contributed by atoms with Crippen LogP contribution in [0.15, 0.2) is 48.8 Å². The number of nitrogens with one attached hydrogen (secondary N) is 3. The molecule has 0 aliphatic heterocycles. The minimum absolute atomic E-state index is 0.0548. The van der Waals surface area contributed by atoms with Crippen molar-refractivity contribution in [1.29, 1.82) is 0 Å². The second-order valence-electron chi connectivity index (χ2n) is 6.50. The molecule has 0 atom stereocenters. The lowest BCUT2D eigenvalue weighted by Gasteiger charge is -2.12. The smallest absolute Gasteiger partial charge is 0.334 e. The van der Waals surface area contributed by atoms with Crippen LogP contribution in [0.3, 0.4) is 0 Å². The third-order valence-electron chi connectivity index (χ3n) is 4.29. The van der Waals surface area contributed by atoms with E-state index in [4.69, 9.17) is 0 Å². The van der Waals surface area contributed by atoms with Crippen LogP contribution in [-0.4, -0.2) is 25.7 Å². The molecule has 0 saturated heterocycles. The van der Waals surface area contributed by atoms with Gasteiger partial charge in [-0.1, -0.05) is 12.1 Å². The number of anilines is 3. The third-order valence-corrected chi connectivity index (χ3v) is 4.29. The molecular formula is C19H17N7O5. The summed E-state index contributed by atoms with van der Waals surface area (Å²) in [6, 6.07) is 10.5. The van der Waals surface area contributed by atoms with Crippen LogP contribution in [0, 0.1) is 34.1 Å². The minimum Gasteiger partial charge on any atom is -0.334 e. The average Bonchev–Trinajstić information content (AvgIpc) is 2.74. The molecule has 3 rings (SSSR count). The number of nitrogens with zero attached hydrogens (tertiary/aromatic N) is 4. The zero-order valence-electron chi connectivity index (χ0n) is 16.4. The Bertz CT molecular complexity index is 1160. The standard InChI is InChI=1S/C19H17N7O5/c1-11-3-4-12(2)15(9-11)22-17-16(26(30)31)18(21-10-20-17)23-24-19(27)13-5-7-14(8-6-13)25(28)29/h3-10H,1-2H3,(H,24,27)(H2,20,21,22,23).